The average Bonchev–Trinajstić information content (AvgIpc) is 2.99. The first-order valence-corrected chi connectivity index (χ1v) is 15.6. The van der Waals surface area contributed by atoms with Gasteiger partial charge in [-0.15, -0.1) is 10.2 Å². The number of ether oxygens (including phenoxy) is 2. The molecule has 0 amide bonds. The van der Waals surface area contributed by atoms with E-state index in [9.17, 15) is 20.4 Å². The molecule has 2 atom stereocenters. The molecular formula is C32H48N4O6. The molecule has 2 heterocycles. The van der Waals surface area contributed by atoms with Crippen LogP contribution in [-0.4, -0.2) is 95.9 Å². The summed E-state index contributed by atoms with van der Waals surface area (Å²) in [5.41, 5.74) is 0. The topological polar surface area (TPSA) is 130 Å². The number of fused-ring (bicyclic) bond motifs is 1. The van der Waals surface area contributed by atoms with Crippen molar-refractivity contribution in [3.8, 4) is 11.5 Å². The van der Waals surface area contributed by atoms with E-state index in [0.717, 1.165) is 75.5 Å². The standard InChI is InChI=1S/C32H48N4O6/c1-3-31(39)33-35(16-7-5-8-17-35)21-26(37)23-41-28-14-15-29-25(20-28)12-11-13-30(29)42-24-27(38)22-36(34-32(40)4-2)18-9-6-10-19-36/h11-15,20,26-27,37-38H,3-10,16-19,21-24H2,1-2H3. The number of quaternary nitrogens is 2. The van der Waals surface area contributed by atoms with Gasteiger partial charge in [0.25, 0.3) is 0 Å². The lowest BCUT2D eigenvalue weighted by Crippen LogP contribution is -2.53. The molecule has 0 bridgehead atoms. The highest BCUT2D eigenvalue weighted by Gasteiger charge is 2.34. The monoisotopic (exact) mass is 584 g/mol. The van der Waals surface area contributed by atoms with E-state index < -0.39 is 12.2 Å². The minimum atomic E-state index is -0.763. The Morgan fingerprint density at radius 1 is 0.762 bits per heavy atom. The van der Waals surface area contributed by atoms with E-state index in [4.69, 9.17) is 9.47 Å². The minimum absolute atomic E-state index is 0.102. The predicted octanol–water partition coefficient (Wildman–Crippen LogP) is 2.49. The lowest BCUT2D eigenvalue weighted by molar-refractivity contribution is -0.942. The highest BCUT2D eigenvalue weighted by Crippen LogP contribution is 2.30. The Bertz CT molecular complexity index is 1210. The molecular weight excluding hydrogens is 536 g/mol. The van der Waals surface area contributed by atoms with Crippen molar-refractivity contribution in [3.63, 3.8) is 0 Å². The van der Waals surface area contributed by atoms with Crippen LogP contribution in [0, 0.1) is 0 Å². The molecule has 2 aliphatic rings. The van der Waals surface area contributed by atoms with E-state index in [-0.39, 0.29) is 34.2 Å². The van der Waals surface area contributed by atoms with Gasteiger partial charge in [-0.2, -0.15) is 9.18 Å². The highest BCUT2D eigenvalue weighted by molar-refractivity contribution is 5.89. The number of hydrogen-bond donors (Lipinski definition) is 2. The van der Waals surface area contributed by atoms with Crippen molar-refractivity contribution >= 4 is 22.6 Å². The molecule has 232 valence electrons. The van der Waals surface area contributed by atoms with Crippen molar-refractivity contribution in [2.75, 3.05) is 52.5 Å². The first-order chi connectivity index (χ1) is 20.3. The number of aliphatic hydroxyl groups is 2. The van der Waals surface area contributed by atoms with Crippen LogP contribution in [0.3, 0.4) is 0 Å². The van der Waals surface area contributed by atoms with Crippen molar-refractivity contribution in [2.45, 2.75) is 77.4 Å². The summed E-state index contributed by atoms with van der Waals surface area (Å²) in [6, 6.07) is 11.4. The first-order valence-electron chi connectivity index (χ1n) is 15.6. The fraction of sp³-hybridized carbons (Fsp3) is 0.625. The smallest absolute Gasteiger partial charge is 0.139 e. The second-order valence-electron chi connectivity index (χ2n) is 11.8. The summed E-state index contributed by atoms with van der Waals surface area (Å²) in [6.45, 7) is 7.61. The van der Waals surface area contributed by atoms with Gasteiger partial charge in [0.1, 0.15) is 76.2 Å². The van der Waals surface area contributed by atoms with E-state index in [1.165, 1.54) is 0 Å². The molecule has 2 aromatic rings. The van der Waals surface area contributed by atoms with Crippen molar-refractivity contribution in [3.05, 3.63) is 36.4 Å². The third kappa shape index (κ3) is 8.80. The Morgan fingerprint density at radius 2 is 1.29 bits per heavy atom. The second-order valence-corrected chi connectivity index (χ2v) is 11.8. The Labute approximate surface area is 249 Å². The number of rotatable bonds is 14. The molecule has 0 saturated carbocycles. The van der Waals surface area contributed by atoms with Crippen LogP contribution in [0.15, 0.2) is 46.6 Å². The number of likely N-dealkylation sites (tertiary alicyclic amines) is 2. The van der Waals surface area contributed by atoms with Crippen LogP contribution in [0.5, 0.6) is 11.5 Å². The predicted molar refractivity (Wildman–Crippen MR) is 160 cm³/mol. The van der Waals surface area contributed by atoms with Gasteiger partial charge in [0.2, 0.25) is 0 Å². The van der Waals surface area contributed by atoms with E-state index in [2.05, 4.69) is 10.2 Å². The summed E-state index contributed by atoms with van der Waals surface area (Å²) in [5.74, 6) is 1.03. The number of benzene rings is 2. The number of nitrogens with zero attached hydrogens (tertiary/aromatic N) is 4. The van der Waals surface area contributed by atoms with Crippen LogP contribution in [0.1, 0.15) is 65.2 Å². The molecule has 2 unspecified atom stereocenters. The van der Waals surface area contributed by atoms with E-state index in [1.807, 2.05) is 50.2 Å². The van der Waals surface area contributed by atoms with Gasteiger partial charge in [0, 0.05) is 17.2 Å². The minimum Gasteiger partial charge on any atom is -0.858 e. The number of aliphatic hydroxyl groups excluding tert-OH is 2. The lowest BCUT2D eigenvalue weighted by Gasteiger charge is -2.38. The summed E-state index contributed by atoms with van der Waals surface area (Å²) >= 11 is 0. The SMILES string of the molecule is CC/C([O-])=N/[N+]1(CC(O)COc2ccc3c(OCC(O)C[N+]4(/N=C(\[O-])CC)CCCCC4)cccc3c2)CCCCC1. The van der Waals surface area contributed by atoms with Crippen LogP contribution < -0.4 is 19.7 Å². The van der Waals surface area contributed by atoms with Gasteiger partial charge in [-0.1, -0.05) is 26.0 Å². The largest absolute Gasteiger partial charge is 0.858 e. The summed E-state index contributed by atoms with van der Waals surface area (Å²) in [7, 11) is 0. The van der Waals surface area contributed by atoms with Gasteiger partial charge < -0.3 is 29.9 Å². The van der Waals surface area contributed by atoms with E-state index in [1.54, 1.807) is 0 Å². The molecule has 2 fully saturated rings. The van der Waals surface area contributed by atoms with Gasteiger partial charge in [-0.05, 0) is 81.0 Å². The summed E-state index contributed by atoms with van der Waals surface area (Å²) < 4.78 is 12.6. The van der Waals surface area contributed by atoms with Crippen molar-refractivity contribution in [2.24, 2.45) is 10.2 Å². The fourth-order valence-electron chi connectivity index (χ4n) is 6.18. The zero-order valence-corrected chi connectivity index (χ0v) is 25.2. The number of hydrogen-bond acceptors (Lipinski definition) is 8. The molecule has 2 aliphatic heterocycles. The zero-order chi connectivity index (χ0) is 30.0. The van der Waals surface area contributed by atoms with Gasteiger partial charge in [0.15, 0.2) is 0 Å². The molecule has 0 radical (unpaired) electrons. The van der Waals surface area contributed by atoms with E-state index in [0.29, 0.717) is 37.4 Å². The highest BCUT2D eigenvalue weighted by atomic mass is 16.5. The Balaban J connectivity index is 1.36. The zero-order valence-electron chi connectivity index (χ0n) is 25.2. The van der Waals surface area contributed by atoms with Gasteiger partial charge >= 0.3 is 0 Å². The molecule has 2 N–H and O–H groups in total. The summed E-state index contributed by atoms with van der Waals surface area (Å²) in [6.07, 6.45) is 5.43. The van der Waals surface area contributed by atoms with Gasteiger partial charge in [-0.3, -0.25) is 0 Å². The van der Waals surface area contributed by atoms with Crippen LogP contribution in [0.25, 0.3) is 10.8 Å². The molecule has 0 aromatic heterocycles. The molecule has 2 saturated heterocycles. The Morgan fingerprint density at radius 3 is 1.81 bits per heavy atom. The number of piperidine rings is 2. The average molecular weight is 585 g/mol. The summed E-state index contributed by atoms with van der Waals surface area (Å²) in [4.78, 5) is 0. The van der Waals surface area contributed by atoms with Crippen molar-refractivity contribution in [1.82, 2.24) is 0 Å². The van der Waals surface area contributed by atoms with Crippen LogP contribution >= 0.6 is 0 Å². The third-order valence-corrected chi connectivity index (χ3v) is 8.34. The molecule has 0 aliphatic carbocycles. The maximum Gasteiger partial charge on any atom is 0.139 e. The molecule has 42 heavy (non-hydrogen) atoms. The van der Waals surface area contributed by atoms with Crippen LogP contribution in [-0.2, 0) is 0 Å². The third-order valence-electron chi connectivity index (χ3n) is 8.34. The molecule has 10 nitrogen and oxygen atoms in total. The second kappa shape index (κ2) is 15.0. The quantitative estimate of drug-likeness (QED) is 0.199. The molecule has 10 heteroatoms. The van der Waals surface area contributed by atoms with Crippen LogP contribution in [0.4, 0.5) is 0 Å². The van der Waals surface area contributed by atoms with Crippen LogP contribution in [0.2, 0.25) is 0 Å². The van der Waals surface area contributed by atoms with E-state index >= 15 is 0 Å². The molecule has 2 aromatic carbocycles. The first kappa shape index (κ1) is 32.0. The maximum atomic E-state index is 12.1. The normalized spacial score (nSPS) is 20.7. The Kier molecular flexibility index (Phi) is 11.4. The maximum absolute atomic E-state index is 12.1. The molecule has 0 spiro atoms. The van der Waals surface area contributed by atoms with Gasteiger partial charge in [0.05, 0.1) is 0 Å². The lowest BCUT2D eigenvalue weighted by atomic mass is 10.1. The van der Waals surface area contributed by atoms with Gasteiger partial charge in [-0.25, -0.2) is 0 Å². The van der Waals surface area contributed by atoms with Crippen molar-refractivity contribution in [1.29, 1.82) is 0 Å². The van der Waals surface area contributed by atoms with Crippen molar-refractivity contribution < 1.29 is 39.1 Å². The fourth-order valence-corrected chi connectivity index (χ4v) is 6.18. The Hall–Kier alpha value is -2.92. The molecule has 4 rings (SSSR count). The summed E-state index contributed by atoms with van der Waals surface area (Å²) in [5, 5.41) is 56.6.